The normalized spacial score (nSPS) is 16.9. The molecule has 2 aliphatic rings. The molecule has 29 heavy (non-hydrogen) atoms. The summed E-state index contributed by atoms with van der Waals surface area (Å²) < 4.78 is 1.64. The lowest BCUT2D eigenvalue weighted by atomic mass is 9.84. The van der Waals surface area contributed by atoms with E-state index < -0.39 is 0 Å². The number of hydrogen-bond acceptors (Lipinski definition) is 5. The van der Waals surface area contributed by atoms with Gasteiger partial charge in [0.15, 0.2) is 0 Å². The summed E-state index contributed by atoms with van der Waals surface area (Å²) >= 11 is 0. The summed E-state index contributed by atoms with van der Waals surface area (Å²) in [7, 11) is 0. The van der Waals surface area contributed by atoms with E-state index in [1.807, 2.05) is 18.2 Å². The first-order valence-corrected chi connectivity index (χ1v) is 10.2. The highest BCUT2D eigenvalue weighted by molar-refractivity contribution is 5.88. The standard InChI is InChI=1S/C22H23N5O2/c23-10-9-13-11-16-18(24-12-13)19(28)17-20(25-16)26-21(14-5-4-6-14)27(22(17)29)15-7-2-1-3-8-15/h2,7-8,11-12,14H,1,3-6,9-10,23H2,(H,25,28). The van der Waals surface area contributed by atoms with Gasteiger partial charge in [-0.2, -0.15) is 0 Å². The van der Waals surface area contributed by atoms with Crippen molar-refractivity contribution in [2.45, 2.75) is 44.4 Å². The monoisotopic (exact) mass is 389 g/mol. The summed E-state index contributed by atoms with van der Waals surface area (Å²) in [6, 6.07) is 1.87. The van der Waals surface area contributed by atoms with Crippen LogP contribution in [0.15, 0.2) is 40.1 Å². The molecule has 1 fully saturated rings. The van der Waals surface area contributed by atoms with Crippen molar-refractivity contribution < 1.29 is 0 Å². The number of nitrogens with one attached hydrogen (secondary N) is 1. The molecule has 3 heterocycles. The summed E-state index contributed by atoms with van der Waals surface area (Å²) in [5.41, 5.74) is 7.90. The molecule has 0 amide bonds. The van der Waals surface area contributed by atoms with Gasteiger partial charge < -0.3 is 10.7 Å². The predicted molar refractivity (Wildman–Crippen MR) is 114 cm³/mol. The minimum atomic E-state index is -0.375. The zero-order chi connectivity index (χ0) is 20.0. The Morgan fingerprint density at radius 2 is 2.10 bits per heavy atom. The van der Waals surface area contributed by atoms with Gasteiger partial charge in [-0.3, -0.25) is 19.1 Å². The lowest BCUT2D eigenvalue weighted by molar-refractivity contribution is 0.395. The summed E-state index contributed by atoms with van der Waals surface area (Å²) in [6.07, 6.45) is 13.4. The molecule has 5 rings (SSSR count). The molecule has 1 saturated carbocycles. The van der Waals surface area contributed by atoms with E-state index in [1.54, 1.807) is 10.8 Å². The van der Waals surface area contributed by atoms with Crippen molar-refractivity contribution in [1.29, 1.82) is 0 Å². The van der Waals surface area contributed by atoms with E-state index in [1.165, 1.54) is 0 Å². The lowest BCUT2D eigenvalue weighted by Crippen LogP contribution is -2.31. The van der Waals surface area contributed by atoms with Gasteiger partial charge >= 0.3 is 0 Å². The Hall–Kier alpha value is -3.06. The SMILES string of the molecule is NCCc1cnc2c(=O)c3c(=O)n(C4=CCCC=C4)c(C4CCC4)nc3[nH]c2c1. The third-order valence-electron chi connectivity index (χ3n) is 5.89. The molecule has 3 aromatic rings. The molecule has 0 spiro atoms. The van der Waals surface area contributed by atoms with Crippen LogP contribution < -0.4 is 16.7 Å². The van der Waals surface area contributed by atoms with Gasteiger partial charge in [-0.05, 0) is 56.4 Å². The Morgan fingerprint density at radius 3 is 2.79 bits per heavy atom. The molecule has 7 nitrogen and oxygen atoms in total. The summed E-state index contributed by atoms with van der Waals surface area (Å²) in [4.78, 5) is 39.0. The second-order valence-corrected chi connectivity index (χ2v) is 7.80. The van der Waals surface area contributed by atoms with Crippen LogP contribution in [0, 0.1) is 0 Å². The van der Waals surface area contributed by atoms with E-state index in [0.29, 0.717) is 24.1 Å². The van der Waals surface area contributed by atoms with Crippen LogP contribution in [0.4, 0.5) is 0 Å². The minimum Gasteiger partial charge on any atom is -0.337 e. The van der Waals surface area contributed by atoms with Gasteiger partial charge in [-0.25, -0.2) is 4.98 Å². The first-order chi connectivity index (χ1) is 14.2. The quantitative estimate of drug-likeness (QED) is 0.667. The van der Waals surface area contributed by atoms with Crippen molar-refractivity contribution in [3.8, 4) is 0 Å². The number of rotatable bonds is 4. The summed E-state index contributed by atoms with van der Waals surface area (Å²) in [5.74, 6) is 0.983. The molecular weight excluding hydrogens is 366 g/mol. The molecule has 0 radical (unpaired) electrons. The number of nitrogens with zero attached hydrogens (tertiary/aromatic N) is 3. The van der Waals surface area contributed by atoms with Gasteiger partial charge in [0.25, 0.3) is 5.56 Å². The maximum atomic E-state index is 13.5. The molecule has 0 aliphatic heterocycles. The highest BCUT2D eigenvalue weighted by Gasteiger charge is 2.28. The van der Waals surface area contributed by atoms with Gasteiger partial charge in [0.1, 0.15) is 22.4 Å². The van der Waals surface area contributed by atoms with Crippen LogP contribution >= 0.6 is 0 Å². The lowest BCUT2D eigenvalue weighted by Gasteiger charge is -2.28. The van der Waals surface area contributed by atoms with E-state index >= 15 is 0 Å². The van der Waals surface area contributed by atoms with Gasteiger partial charge in [0.05, 0.1) is 5.52 Å². The van der Waals surface area contributed by atoms with Gasteiger partial charge in [0.2, 0.25) is 5.43 Å². The average Bonchev–Trinajstić information content (AvgIpc) is 2.67. The zero-order valence-electron chi connectivity index (χ0n) is 16.1. The third kappa shape index (κ3) is 2.93. The van der Waals surface area contributed by atoms with E-state index in [9.17, 15) is 9.59 Å². The Morgan fingerprint density at radius 1 is 1.24 bits per heavy atom. The summed E-state index contributed by atoms with van der Waals surface area (Å²) in [5, 5.41) is 0.0690. The number of nitrogens with two attached hydrogens (primary N) is 1. The van der Waals surface area contributed by atoms with Crippen LogP contribution in [0.5, 0.6) is 0 Å². The molecule has 0 aromatic carbocycles. The number of aromatic amines is 1. The van der Waals surface area contributed by atoms with E-state index in [-0.39, 0.29) is 27.8 Å². The van der Waals surface area contributed by atoms with E-state index in [4.69, 9.17) is 10.7 Å². The topological polar surface area (TPSA) is 107 Å². The Kier molecular flexibility index (Phi) is 4.39. The molecule has 0 unspecified atom stereocenters. The second-order valence-electron chi connectivity index (χ2n) is 7.80. The minimum absolute atomic E-state index is 0.0690. The number of fused-ring (bicyclic) bond motifs is 2. The number of H-pyrrole nitrogens is 1. The molecule has 148 valence electrons. The Balaban J connectivity index is 1.83. The van der Waals surface area contributed by atoms with E-state index in [0.717, 1.165) is 49.2 Å². The van der Waals surface area contributed by atoms with Crippen molar-refractivity contribution in [3.63, 3.8) is 0 Å². The smallest absolute Gasteiger partial charge is 0.271 e. The van der Waals surface area contributed by atoms with Crippen molar-refractivity contribution in [2.75, 3.05) is 6.54 Å². The number of hydrogen-bond donors (Lipinski definition) is 2. The zero-order valence-corrected chi connectivity index (χ0v) is 16.1. The first-order valence-electron chi connectivity index (χ1n) is 10.2. The van der Waals surface area contributed by atoms with Gasteiger partial charge in [-0.15, -0.1) is 0 Å². The maximum Gasteiger partial charge on any atom is 0.271 e. The number of allylic oxidation sites excluding steroid dienone is 4. The average molecular weight is 389 g/mol. The van der Waals surface area contributed by atoms with Crippen LogP contribution in [-0.2, 0) is 6.42 Å². The van der Waals surface area contributed by atoms with Crippen molar-refractivity contribution in [1.82, 2.24) is 19.5 Å². The molecule has 0 saturated heterocycles. The highest BCUT2D eigenvalue weighted by atomic mass is 16.1. The molecular formula is C22H23N5O2. The molecule has 7 heteroatoms. The fourth-order valence-corrected chi connectivity index (χ4v) is 4.12. The maximum absolute atomic E-state index is 13.5. The summed E-state index contributed by atoms with van der Waals surface area (Å²) in [6.45, 7) is 0.502. The number of aromatic nitrogens is 4. The molecule has 2 aliphatic carbocycles. The van der Waals surface area contributed by atoms with Crippen molar-refractivity contribution >= 4 is 27.8 Å². The number of pyridine rings is 2. The van der Waals surface area contributed by atoms with Crippen LogP contribution in [-0.4, -0.2) is 26.1 Å². The fourth-order valence-electron chi connectivity index (χ4n) is 4.12. The van der Waals surface area contributed by atoms with Crippen molar-refractivity contribution in [3.05, 3.63) is 62.5 Å². The van der Waals surface area contributed by atoms with Crippen LogP contribution in [0.25, 0.3) is 27.8 Å². The first kappa shape index (κ1) is 18.0. The Bertz CT molecular complexity index is 1290. The molecule has 0 bridgehead atoms. The van der Waals surface area contributed by atoms with Crippen LogP contribution in [0.1, 0.15) is 49.4 Å². The van der Waals surface area contributed by atoms with E-state index in [2.05, 4.69) is 16.0 Å². The van der Waals surface area contributed by atoms with Crippen LogP contribution in [0.3, 0.4) is 0 Å². The van der Waals surface area contributed by atoms with Gasteiger partial charge in [-0.1, -0.05) is 18.6 Å². The molecule has 0 atom stereocenters. The van der Waals surface area contributed by atoms with Crippen molar-refractivity contribution in [2.24, 2.45) is 5.73 Å². The Labute approximate surface area is 167 Å². The fraction of sp³-hybridized carbons (Fsp3) is 0.364. The largest absolute Gasteiger partial charge is 0.337 e. The second kappa shape index (κ2) is 7.08. The third-order valence-corrected chi connectivity index (χ3v) is 5.89. The predicted octanol–water partition coefficient (Wildman–Crippen LogP) is 2.59. The van der Waals surface area contributed by atoms with Gasteiger partial charge in [0, 0.05) is 17.8 Å². The highest BCUT2D eigenvalue weighted by Crippen LogP contribution is 2.36. The molecule has 3 N–H and O–H groups in total. The molecule has 3 aromatic heterocycles. The van der Waals surface area contributed by atoms with Crippen LogP contribution in [0.2, 0.25) is 0 Å².